The van der Waals surface area contributed by atoms with Crippen molar-refractivity contribution in [3.63, 3.8) is 0 Å². The number of carbonyl (C=O) groups is 1. The first-order valence-electron chi connectivity index (χ1n) is 11.6. The molecule has 6 heteroatoms. The molecular weight excluding hydrogens is 376 g/mol. The summed E-state index contributed by atoms with van der Waals surface area (Å²) in [6.07, 6.45) is 10.6. The van der Waals surface area contributed by atoms with Crippen LogP contribution in [0.1, 0.15) is 69.2 Å². The van der Waals surface area contributed by atoms with E-state index >= 15 is 0 Å². The molecule has 0 bridgehead atoms. The van der Waals surface area contributed by atoms with Crippen LogP contribution < -0.4 is 5.32 Å². The Kier molecular flexibility index (Phi) is 7.16. The normalized spacial score (nSPS) is 19.9. The van der Waals surface area contributed by atoms with Gasteiger partial charge in [0.05, 0.1) is 6.54 Å². The lowest BCUT2D eigenvalue weighted by atomic mass is 9.93. The van der Waals surface area contributed by atoms with Crippen LogP contribution in [0.15, 0.2) is 28.8 Å². The summed E-state index contributed by atoms with van der Waals surface area (Å²) in [5.74, 6) is 1.68. The highest BCUT2D eigenvalue weighted by Gasteiger charge is 2.27. The van der Waals surface area contributed by atoms with Gasteiger partial charge in [0.15, 0.2) is 0 Å². The molecule has 0 radical (unpaired) electrons. The zero-order valence-electron chi connectivity index (χ0n) is 18.1. The van der Waals surface area contributed by atoms with Gasteiger partial charge in [0, 0.05) is 17.5 Å². The van der Waals surface area contributed by atoms with Crippen LogP contribution in [0.2, 0.25) is 0 Å². The summed E-state index contributed by atoms with van der Waals surface area (Å²) in [5.41, 5.74) is 2.16. The zero-order valence-corrected chi connectivity index (χ0v) is 18.1. The van der Waals surface area contributed by atoms with Gasteiger partial charge >= 0.3 is 0 Å². The predicted octanol–water partition coefficient (Wildman–Crippen LogP) is 4.49. The molecule has 2 fully saturated rings. The van der Waals surface area contributed by atoms with Crippen LogP contribution in [-0.2, 0) is 11.3 Å². The molecule has 0 unspecified atom stereocenters. The van der Waals surface area contributed by atoms with E-state index in [0.717, 1.165) is 44.3 Å². The lowest BCUT2D eigenvalue weighted by Crippen LogP contribution is -2.43. The third-order valence-corrected chi connectivity index (χ3v) is 6.51. The number of rotatable bonds is 5. The van der Waals surface area contributed by atoms with E-state index in [2.05, 4.69) is 39.4 Å². The number of likely N-dealkylation sites (tertiary alicyclic amines) is 1. The molecule has 1 saturated carbocycles. The molecule has 6 nitrogen and oxygen atoms in total. The Morgan fingerprint density at radius 2 is 1.83 bits per heavy atom. The molecule has 162 valence electrons. The maximum atomic E-state index is 12.7. The summed E-state index contributed by atoms with van der Waals surface area (Å²) < 4.78 is 5.48. The molecule has 2 aromatic rings. The molecular formula is C24H34N4O2. The second-order valence-electron chi connectivity index (χ2n) is 8.98. The number of carbonyl (C=O) groups excluding carboxylic acids is 1. The van der Waals surface area contributed by atoms with Gasteiger partial charge in [-0.2, -0.15) is 4.98 Å². The second-order valence-corrected chi connectivity index (χ2v) is 8.98. The zero-order chi connectivity index (χ0) is 20.8. The number of nitrogens with zero attached hydrogens (tertiary/aromatic N) is 3. The SMILES string of the molecule is Cc1cccc(-c2noc(CN3CCC(C(=O)NC4CCCCCCC4)CC3)n2)c1. The van der Waals surface area contributed by atoms with E-state index in [-0.39, 0.29) is 11.8 Å². The van der Waals surface area contributed by atoms with Crippen LogP contribution in [0, 0.1) is 12.8 Å². The van der Waals surface area contributed by atoms with Crippen molar-refractivity contribution >= 4 is 5.91 Å². The van der Waals surface area contributed by atoms with Gasteiger partial charge in [0.2, 0.25) is 17.6 Å². The van der Waals surface area contributed by atoms with Gasteiger partial charge < -0.3 is 9.84 Å². The van der Waals surface area contributed by atoms with Crippen LogP contribution in [0.5, 0.6) is 0 Å². The first-order valence-corrected chi connectivity index (χ1v) is 11.6. The summed E-state index contributed by atoms with van der Waals surface area (Å²) in [6, 6.07) is 8.51. The van der Waals surface area contributed by atoms with Crippen molar-refractivity contribution in [3.8, 4) is 11.4 Å². The van der Waals surface area contributed by atoms with Crippen LogP contribution >= 0.6 is 0 Å². The summed E-state index contributed by atoms with van der Waals surface area (Å²) in [7, 11) is 0. The predicted molar refractivity (Wildman–Crippen MR) is 117 cm³/mol. The molecule has 1 saturated heterocycles. The number of hydrogen-bond acceptors (Lipinski definition) is 5. The average Bonchev–Trinajstić information content (AvgIpc) is 3.19. The molecule has 1 aliphatic heterocycles. The topological polar surface area (TPSA) is 71.3 Å². The molecule has 2 heterocycles. The van der Waals surface area contributed by atoms with Crippen molar-refractivity contribution in [3.05, 3.63) is 35.7 Å². The maximum Gasteiger partial charge on any atom is 0.241 e. The van der Waals surface area contributed by atoms with Crippen molar-refractivity contribution in [2.75, 3.05) is 13.1 Å². The van der Waals surface area contributed by atoms with Crippen molar-refractivity contribution in [2.45, 2.75) is 77.3 Å². The first-order chi connectivity index (χ1) is 14.7. The fraction of sp³-hybridized carbons (Fsp3) is 0.625. The fourth-order valence-electron chi connectivity index (χ4n) is 4.68. The van der Waals surface area contributed by atoms with Gasteiger partial charge in [-0.25, -0.2) is 0 Å². The molecule has 1 amide bonds. The number of aryl methyl sites for hydroxylation is 1. The molecule has 1 aliphatic carbocycles. The van der Waals surface area contributed by atoms with Crippen LogP contribution in [0.25, 0.3) is 11.4 Å². The smallest absolute Gasteiger partial charge is 0.241 e. The molecule has 30 heavy (non-hydrogen) atoms. The fourth-order valence-corrected chi connectivity index (χ4v) is 4.68. The number of aromatic nitrogens is 2. The van der Waals surface area contributed by atoms with Crippen LogP contribution in [0.4, 0.5) is 0 Å². The van der Waals surface area contributed by atoms with Gasteiger partial charge in [-0.1, -0.05) is 61.0 Å². The van der Waals surface area contributed by atoms with Crippen molar-refractivity contribution in [1.82, 2.24) is 20.4 Å². The summed E-state index contributed by atoms with van der Waals surface area (Å²) >= 11 is 0. The highest BCUT2D eigenvalue weighted by molar-refractivity contribution is 5.79. The second kappa shape index (κ2) is 10.2. The van der Waals surface area contributed by atoms with E-state index in [1.807, 2.05) is 12.1 Å². The van der Waals surface area contributed by atoms with Crippen LogP contribution in [0.3, 0.4) is 0 Å². The minimum absolute atomic E-state index is 0.136. The molecule has 1 aromatic heterocycles. The van der Waals surface area contributed by atoms with Gasteiger partial charge in [-0.05, 0) is 51.8 Å². The van der Waals surface area contributed by atoms with E-state index in [1.54, 1.807) is 0 Å². The molecule has 4 rings (SSSR count). The summed E-state index contributed by atoms with van der Waals surface area (Å²) in [6.45, 7) is 4.49. The third kappa shape index (κ3) is 5.69. The number of piperidine rings is 1. The maximum absolute atomic E-state index is 12.7. The van der Waals surface area contributed by atoms with Gasteiger partial charge in [0.25, 0.3) is 0 Å². The van der Waals surface area contributed by atoms with Gasteiger partial charge in [0.1, 0.15) is 0 Å². The number of hydrogen-bond donors (Lipinski definition) is 1. The quantitative estimate of drug-likeness (QED) is 0.786. The Bertz CT molecular complexity index is 818. The Morgan fingerprint density at radius 3 is 2.57 bits per heavy atom. The van der Waals surface area contributed by atoms with Crippen molar-refractivity contribution in [2.24, 2.45) is 5.92 Å². The summed E-state index contributed by atoms with van der Waals surface area (Å²) in [5, 5.41) is 7.49. The molecule has 2 aliphatic rings. The van der Waals surface area contributed by atoms with E-state index < -0.39 is 0 Å². The number of nitrogens with one attached hydrogen (secondary N) is 1. The monoisotopic (exact) mass is 410 g/mol. The van der Waals surface area contributed by atoms with Crippen molar-refractivity contribution < 1.29 is 9.32 Å². The minimum atomic E-state index is 0.136. The summed E-state index contributed by atoms with van der Waals surface area (Å²) in [4.78, 5) is 19.6. The highest BCUT2D eigenvalue weighted by atomic mass is 16.5. The lowest BCUT2D eigenvalue weighted by Gasteiger charge is -2.31. The first kappa shape index (κ1) is 21.0. The van der Waals surface area contributed by atoms with Crippen LogP contribution in [-0.4, -0.2) is 40.1 Å². The average molecular weight is 411 g/mol. The Balaban J connectivity index is 1.24. The third-order valence-electron chi connectivity index (χ3n) is 6.51. The van der Waals surface area contributed by atoms with Gasteiger partial charge in [-0.15, -0.1) is 0 Å². The van der Waals surface area contributed by atoms with Gasteiger partial charge in [-0.3, -0.25) is 9.69 Å². The Labute approximate surface area is 179 Å². The lowest BCUT2D eigenvalue weighted by molar-refractivity contribution is -0.127. The minimum Gasteiger partial charge on any atom is -0.353 e. The Hall–Kier alpha value is -2.21. The van der Waals surface area contributed by atoms with Crippen molar-refractivity contribution in [1.29, 1.82) is 0 Å². The molecule has 1 N–H and O–H groups in total. The Morgan fingerprint density at radius 1 is 1.10 bits per heavy atom. The van der Waals surface area contributed by atoms with E-state index in [4.69, 9.17) is 4.52 Å². The highest BCUT2D eigenvalue weighted by Crippen LogP contribution is 2.23. The number of benzene rings is 1. The molecule has 0 atom stereocenters. The largest absolute Gasteiger partial charge is 0.353 e. The molecule has 0 spiro atoms. The van der Waals surface area contributed by atoms with E-state index in [0.29, 0.717) is 24.3 Å². The van der Waals surface area contributed by atoms with E-state index in [9.17, 15) is 4.79 Å². The van der Waals surface area contributed by atoms with E-state index in [1.165, 1.54) is 37.7 Å². The molecule has 1 aromatic carbocycles. The standard InChI is InChI=1S/C24H34N4O2/c1-18-8-7-9-20(16-18)23-26-22(30-27-23)17-28-14-12-19(13-15-28)24(29)25-21-10-5-3-2-4-6-11-21/h7-9,16,19,21H,2-6,10-15,17H2,1H3,(H,25,29). The number of amides is 1.